The van der Waals surface area contributed by atoms with Gasteiger partial charge in [0.05, 0.1) is 10.0 Å². The van der Waals surface area contributed by atoms with E-state index in [9.17, 15) is 0 Å². The molecule has 3 rings (SSSR count). The highest BCUT2D eigenvalue weighted by Crippen LogP contribution is 2.28. The van der Waals surface area contributed by atoms with Crippen molar-refractivity contribution in [3.05, 3.63) is 34.1 Å². The van der Waals surface area contributed by atoms with Crippen LogP contribution in [0.25, 0.3) is 11.5 Å². The maximum atomic E-state index is 6.00. The lowest BCUT2D eigenvalue weighted by atomic mass is 9.96. The van der Waals surface area contributed by atoms with Gasteiger partial charge in [-0.1, -0.05) is 28.4 Å². The Morgan fingerprint density at radius 1 is 1.30 bits per heavy atom. The maximum absolute atomic E-state index is 6.00. The minimum Gasteiger partial charge on any atom is -0.334 e. The van der Waals surface area contributed by atoms with Crippen LogP contribution in [0, 0.1) is 5.92 Å². The number of piperidine rings is 1. The molecule has 1 aromatic heterocycles. The van der Waals surface area contributed by atoms with Crippen LogP contribution in [0.3, 0.4) is 0 Å². The van der Waals surface area contributed by atoms with Crippen molar-refractivity contribution in [2.75, 3.05) is 13.1 Å². The molecule has 106 valence electrons. The molecule has 6 heteroatoms. The molecule has 1 unspecified atom stereocenters. The van der Waals surface area contributed by atoms with Crippen molar-refractivity contribution < 1.29 is 4.52 Å². The van der Waals surface area contributed by atoms with Gasteiger partial charge in [-0.3, -0.25) is 0 Å². The van der Waals surface area contributed by atoms with E-state index in [1.54, 1.807) is 12.1 Å². The molecule has 0 aliphatic carbocycles. The smallest absolute Gasteiger partial charge is 0.257 e. The zero-order valence-corrected chi connectivity index (χ0v) is 12.4. The molecule has 1 aliphatic heterocycles. The van der Waals surface area contributed by atoms with Gasteiger partial charge in [0, 0.05) is 12.0 Å². The molecule has 0 spiro atoms. The molecule has 2 heterocycles. The Hall–Kier alpha value is -1.10. The molecule has 0 bridgehead atoms. The first-order chi connectivity index (χ1) is 9.72. The largest absolute Gasteiger partial charge is 0.334 e. The average molecular weight is 312 g/mol. The molecule has 1 N–H and O–H groups in total. The van der Waals surface area contributed by atoms with Gasteiger partial charge in [-0.2, -0.15) is 4.98 Å². The number of nitrogens with zero attached hydrogens (tertiary/aromatic N) is 2. The average Bonchev–Trinajstić information content (AvgIpc) is 2.91. The molecule has 0 amide bonds. The van der Waals surface area contributed by atoms with E-state index in [0.29, 0.717) is 21.9 Å². The summed E-state index contributed by atoms with van der Waals surface area (Å²) >= 11 is 11.9. The predicted molar refractivity (Wildman–Crippen MR) is 79.1 cm³/mol. The van der Waals surface area contributed by atoms with Gasteiger partial charge in [-0.25, -0.2) is 0 Å². The Kier molecular flexibility index (Phi) is 4.24. The minimum absolute atomic E-state index is 0.486. The normalized spacial score (nSPS) is 19.2. The van der Waals surface area contributed by atoms with E-state index in [4.69, 9.17) is 27.7 Å². The van der Waals surface area contributed by atoms with Gasteiger partial charge in [-0.05, 0) is 50.0 Å². The molecule has 1 aromatic carbocycles. The van der Waals surface area contributed by atoms with Crippen molar-refractivity contribution >= 4 is 23.2 Å². The standard InChI is InChI=1S/C14H15Cl2N3O/c15-11-4-3-10(7-12(11)16)14-18-13(19-20-14)6-9-2-1-5-17-8-9/h3-4,7,9,17H,1-2,5-6,8H2. The molecule has 1 atom stereocenters. The first kappa shape index (κ1) is 13.9. The van der Waals surface area contributed by atoms with Crippen molar-refractivity contribution in [1.82, 2.24) is 15.5 Å². The summed E-state index contributed by atoms with van der Waals surface area (Å²) in [5, 5.41) is 8.44. The van der Waals surface area contributed by atoms with Gasteiger partial charge in [0.2, 0.25) is 0 Å². The summed E-state index contributed by atoms with van der Waals surface area (Å²) in [5.74, 6) is 1.82. The van der Waals surface area contributed by atoms with Crippen molar-refractivity contribution in [3.8, 4) is 11.5 Å². The molecule has 1 saturated heterocycles. The lowest BCUT2D eigenvalue weighted by molar-refractivity contribution is 0.360. The van der Waals surface area contributed by atoms with Crippen LogP contribution in [0.5, 0.6) is 0 Å². The zero-order chi connectivity index (χ0) is 13.9. The lowest BCUT2D eigenvalue weighted by Crippen LogP contribution is -2.31. The molecule has 4 nitrogen and oxygen atoms in total. The van der Waals surface area contributed by atoms with Crippen molar-refractivity contribution in [2.45, 2.75) is 19.3 Å². The van der Waals surface area contributed by atoms with Crippen LogP contribution < -0.4 is 5.32 Å². The Balaban J connectivity index is 1.73. The highest BCUT2D eigenvalue weighted by Gasteiger charge is 2.17. The van der Waals surface area contributed by atoms with Crippen LogP contribution in [0.15, 0.2) is 22.7 Å². The third-order valence-corrected chi connectivity index (χ3v) is 4.24. The monoisotopic (exact) mass is 311 g/mol. The van der Waals surface area contributed by atoms with Gasteiger partial charge in [0.15, 0.2) is 5.82 Å². The molecule has 0 saturated carbocycles. The number of hydrogen-bond donors (Lipinski definition) is 1. The first-order valence-electron chi connectivity index (χ1n) is 6.71. The summed E-state index contributed by atoms with van der Waals surface area (Å²) in [4.78, 5) is 4.44. The van der Waals surface area contributed by atoms with E-state index in [0.717, 1.165) is 30.9 Å². The van der Waals surface area contributed by atoms with E-state index in [1.165, 1.54) is 12.8 Å². The predicted octanol–water partition coefficient (Wildman–Crippen LogP) is 3.59. The second-order valence-electron chi connectivity index (χ2n) is 5.06. The molecular weight excluding hydrogens is 297 g/mol. The van der Waals surface area contributed by atoms with E-state index in [1.807, 2.05) is 6.07 Å². The summed E-state index contributed by atoms with van der Waals surface area (Å²) in [7, 11) is 0. The van der Waals surface area contributed by atoms with E-state index in [-0.39, 0.29) is 0 Å². The highest BCUT2D eigenvalue weighted by molar-refractivity contribution is 6.42. The Labute approximate surface area is 127 Å². The fourth-order valence-corrected chi connectivity index (χ4v) is 2.74. The maximum Gasteiger partial charge on any atom is 0.257 e. The molecular formula is C14H15Cl2N3O. The molecule has 0 radical (unpaired) electrons. The summed E-state index contributed by atoms with van der Waals surface area (Å²) in [5.41, 5.74) is 0.792. The van der Waals surface area contributed by atoms with Gasteiger partial charge < -0.3 is 9.84 Å². The third-order valence-electron chi connectivity index (χ3n) is 3.50. The molecule has 2 aromatic rings. The fourth-order valence-electron chi connectivity index (χ4n) is 2.44. The van der Waals surface area contributed by atoms with Crippen molar-refractivity contribution in [3.63, 3.8) is 0 Å². The van der Waals surface area contributed by atoms with Crippen LogP contribution in [0.1, 0.15) is 18.7 Å². The van der Waals surface area contributed by atoms with Gasteiger partial charge in [-0.15, -0.1) is 0 Å². The minimum atomic E-state index is 0.486. The molecule has 20 heavy (non-hydrogen) atoms. The van der Waals surface area contributed by atoms with E-state index < -0.39 is 0 Å². The Morgan fingerprint density at radius 2 is 2.20 bits per heavy atom. The Bertz CT molecular complexity index is 594. The Morgan fingerprint density at radius 3 is 2.95 bits per heavy atom. The number of rotatable bonds is 3. The SMILES string of the molecule is Clc1ccc(-c2nc(CC3CCCNC3)no2)cc1Cl. The van der Waals surface area contributed by atoms with E-state index >= 15 is 0 Å². The van der Waals surface area contributed by atoms with Crippen LogP contribution >= 0.6 is 23.2 Å². The van der Waals surface area contributed by atoms with Gasteiger partial charge in [0.1, 0.15) is 0 Å². The van der Waals surface area contributed by atoms with E-state index in [2.05, 4.69) is 15.5 Å². The number of aromatic nitrogens is 2. The number of nitrogens with one attached hydrogen (secondary N) is 1. The number of hydrogen-bond acceptors (Lipinski definition) is 4. The van der Waals surface area contributed by atoms with Crippen LogP contribution in [-0.2, 0) is 6.42 Å². The van der Waals surface area contributed by atoms with Crippen LogP contribution in [0.2, 0.25) is 10.0 Å². The second-order valence-corrected chi connectivity index (χ2v) is 5.88. The van der Waals surface area contributed by atoms with Crippen molar-refractivity contribution in [2.24, 2.45) is 5.92 Å². The molecule has 1 fully saturated rings. The number of benzene rings is 1. The summed E-state index contributed by atoms with van der Waals surface area (Å²) in [6.07, 6.45) is 3.27. The highest BCUT2D eigenvalue weighted by atomic mass is 35.5. The van der Waals surface area contributed by atoms with Gasteiger partial charge in [0.25, 0.3) is 5.89 Å². The quantitative estimate of drug-likeness (QED) is 0.941. The zero-order valence-electron chi connectivity index (χ0n) is 10.9. The first-order valence-corrected chi connectivity index (χ1v) is 7.46. The summed E-state index contributed by atoms with van der Waals surface area (Å²) in [6.45, 7) is 2.13. The number of halogens is 2. The second kappa shape index (κ2) is 6.12. The summed E-state index contributed by atoms with van der Waals surface area (Å²) in [6, 6.07) is 5.30. The van der Waals surface area contributed by atoms with Crippen LogP contribution in [0.4, 0.5) is 0 Å². The fraction of sp³-hybridized carbons (Fsp3) is 0.429. The lowest BCUT2D eigenvalue weighted by Gasteiger charge is -2.20. The summed E-state index contributed by atoms with van der Waals surface area (Å²) < 4.78 is 5.30. The van der Waals surface area contributed by atoms with Crippen molar-refractivity contribution in [1.29, 1.82) is 0 Å². The third kappa shape index (κ3) is 3.14. The van der Waals surface area contributed by atoms with Crippen LogP contribution in [-0.4, -0.2) is 23.2 Å². The molecule has 1 aliphatic rings. The topological polar surface area (TPSA) is 51.0 Å². The van der Waals surface area contributed by atoms with Gasteiger partial charge >= 0.3 is 0 Å².